The normalized spacial score (nSPS) is 12.5. The molecule has 4 nitrogen and oxygen atoms in total. The number of nitrogens with zero attached hydrogens (tertiary/aromatic N) is 1. The predicted molar refractivity (Wildman–Crippen MR) is 45.4 cm³/mol. The van der Waals surface area contributed by atoms with Crippen molar-refractivity contribution < 1.29 is 9.48 Å². The Kier molecular flexibility index (Phi) is 2.91. The zero-order valence-corrected chi connectivity index (χ0v) is 7.34. The van der Waals surface area contributed by atoms with E-state index >= 15 is 0 Å². The maximum Gasteiger partial charge on any atom is 0.325 e. The SMILES string of the molecule is O=[N+]([O-])c1ccccc1[S+]([O-])Cl. The molecule has 1 rings (SSSR count). The summed E-state index contributed by atoms with van der Waals surface area (Å²) in [5, 5.41) is 10.3. The average Bonchev–Trinajstić information content (AvgIpc) is 2.04. The van der Waals surface area contributed by atoms with Crippen LogP contribution in [-0.2, 0) is 10.4 Å². The van der Waals surface area contributed by atoms with Crippen molar-refractivity contribution in [1.29, 1.82) is 0 Å². The van der Waals surface area contributed by atoms with E-state index in [-0.39, 0.29) is 10.6 Å². The molecule has 1 unspecified atom stereocenters. The summed E-state index contributed by atoms with van der Waals surface area (Å²) >= 11 is 0. The summed E-state index contributed by atoms with van der Waals surface area (Å²) in [5.74, 6) is 0. The molecule has 0 aliphatic carbocycles. The molecule has 1 atom stereocenters. The topological polar surface area (TPSA) is 66.2 Å². The number of halogens is 1. The van der Waals surface area contributed by atoms with Crippen LogP contribution in [0.3, 0.4) is 0 Å². The monoisotopic (exact) mass is 205 g/mol. The molecule has 64 valence electrons. The summed E-state index contributed by atoms with van der Waals surface area (Å²) in [5.41, 5.74) is -0.217. The van der Waals surface area contributed by atoms with Gasteiger partial charge < -0.3 is 4.55 Å². The molecule has 0 saturated carbocycles. The van der Waals surface area contributed by atoms with Crippen molar-refractivity contribution in [2.24, 2.45) is 0 Å². The number of hydrogen-bond acceptors (Lipinski definition) is 3. The van der Waals surface area contributed by atoms with E-state index in [0.29, 0.717) is 0 Å². The lowest BCUT2D eigenvalue weighted by molar-refractivity contribution is -0.387. The first-order valence-corrected chi connectivity index (χ1v) is 4.92. The minimum atomic E-state index is -1.83. The largest absolute Gasteiger partial charge is 0.594 e. The van der Waals surface area contributed by atoms with Crippen molar-refractivity contribution in [3.8, 4) is 0 Å². The quantitative estimate of drug-likeness (QED) is 0.421. The Bertz CT molecular complexity index is 305. The van der Waals surface area contributed by atoms with Gasteiger partial charge in [-0.15, -0.1) is 0 Å². The highest BCUT2D eigenvalue weighted by Crippen LogP contribution is 2.25. The van der Waals surface area contributed by atoms with Gasteiger partial charge in [-0.1, -0.05) is 12.1 Å². The van der Waals surface area contributed by atoms with E-state index in [1.165, 1.54) is 18.2 Å². The molecule has 6 heteroatoms. The maximum atomic E-state index is 10.7. The summed E-state index contributed by atoms with van der Waals surface area (Å²) in [7, 11) is 3.39. The van der Waals surface area contributed by atoms with Gasteiger partial charge in [-0.25, -0.2) is 0 Å². The number of benzene rings is 1. The fourth-order valence-corrected chi connectivity index (χ4v) is 1.63. The molecular weight excluding hydrogens is 202 g/mol. The van der Waals surface area contributed by atoms with E-state index in [4.69, 9.17) is 10.7 Å². The molecule has 0 bridgehead atoms. The zero-order chi connectivity index (χ0) is 9.14. The molecule has 0 N–H and O–H groups in total. The number of nitro benzene ring substituents is 1. The van der Waals surface area contributed by atoms with Crippen LogP contribution in [0.15, 0.2) is 29.2 Å². The first-order chi connectivity index (χ1) is 5.63. The molecule has 0 radical (unpaired) electrons. The van der Waals surface area contributed by atoms with Gasteiger partial charge in [0.25, 0.3) is 0 Å². The molecule has 0 amide bonds. The lowest BCUT2D eigenvalue weighted by Gasteiger charge is -1.99. The molecule has 1 aromatic carbocycles. The fraction of sp³-hybridized carbons (Fsp3) is 0. The molecule has 0 aliphatic rings. The van der Waals surface area contributed by atoms with Crippen molar-refractivity contribution in [1.82, 2.24) is 0 Å². The van der Waals surface area contributed by atoms with Crippen molar-refractivity contribution in [3.05, 3.63) is 34.4 Å². The van der Waals surface area contributed by atoms with Gasteiger partial charge in [0.15, 0.2) is 10.7 Å². The van der Waals surface area contributed by atoms with Crippen LogP contribution in [-0.4, -0.2) is 9.48 Å². The fourth-order valence-electron chi connectivity index (χ4n) is 0.744. The molecule has 0 fully saturated rings. The van der Waals surface area contributed by atoms with Crippen LogP contribution in [0.2, 0.25) is 0 Å². The lowest BCUT2D eigenvalue weighted by Crippen LogP contribution is -1.97. The van der Waals surface area contributed by atoms with Crippen molar-refractivity contribution >= 4 is 26.8 Å². The Hall–Kier alpha value is -0.780. The highest BCUT2D eigenvalue weighted by atomic mass is 35.7. The van der Waals surface area contributed by atoms with Crippen LogP contribution in [0.1, 0.15) is 0 Å². The second-order valence-electron chi connectivity index (χ2n) is 1.95. The van der Waals surface area contributed by atoms with Gasteiger partial charge in [-0.05, 0) is 0 Å². The second kappa shape index (κ2) is 3.75. The van der Waals surface area contributed by atoms with Gasteiger partial charge in [0, 0.05) is 12.1 Å². The van der Waals surface area contributed by atoms with Gasteiger partial charge in [0.1, 0.15) is 10.4 Å². The third-order valence-electron chi connectivity index (χ3n) is 1.23. The number of hydrogen-bond donors (Lipinski definition) is 0. The summed E-state index contributed by atoms with van der Waals surface area (Å²) in [4.78, 5) is 9.75. The van der Waals surface area contributed by atoms with Crippen LogP contribution < -0.4 is 0 Å². The van der Waals surface area contributed by atoms with E-state index in [1.54, 1.807) is 6.07 Å². The summed E-state index contributed by atoms with van der Waals surface area (Å²) in [6.45, 7) is 0. The standard InChI is InChI=1S/C6H4ClNO3S/c7-12(11)6-4-2-1-3-5(6)8(9)10/h1-4H. The summed E-state index contributed by atoms with van der Waals surface area (Å²) in [6.07, 6.45) is 0. The molecule has 0 heterocycles. The summed E-state index contributed by atoms with van der Waals surface area (Å²) in [6, 6.07) is 5.66. The van der Waals surface area contributed by atoms with E-state index < -0.39 is 15.3 Å². The van der Waals surface area contributed by atoms with Crippen LogP contribution in [0.5, 0.6) is 0 Å². The molecule has 0 aromatic heterocycles. The third-order valence-corrected chi connectivity index (χ3v) is 2.42. The van der Waals surface area contributed by atoms with Crippen LogP contribution >= 0.6 is 10.7 Å². The van der Waals surface area contributed by atoms with Crippen molar-refractivity contribution in [2.75, 3.05) is 0 Å². The lowest BCUT2D eigenvalue weighted by atomic mass is 10.3. The summed E-state index contributed by atoms with van der Waals surface area (Å²) < 4.78 is 10.7. The van der Waals surface area contributed by atoms with E-state index in [2.05, 4.69) is 0 Å². The van der Waals surface area contributed by atoms with Gasteiger partial charge >= 0.3 is 5.69 Å². The van der Waals surface area contributed by atoms with Gasteiger partial charge in [-0.2, -0.15) is 0 Å². The van der Waals surface area contributed by atoms with Gasteiger partial charge in [0.05, 0.1) is 4.92 Å². The predicted octanol–water partition coefficient (Wildman–Crippen LogP) is 1.86. The van der Waals surface area contributed by atoms with Crippen molar-refractivity contribution in [3.63, 3.8) is 0 Å². The molecule has 0 spiro atoms. The van der Waals surface area contributed by atoms with Crippen LogP contribution in [0, 0.1) is 10.1 Å². The smallest absolute Gasteiger partial charge is 0.325 e. The molecule has 12 heavy (non-hydrogen) atoms. The third kappa shape index (κ3) is 1.88. The number of rotatable bonds is 2. The maximum absolute atomic E-state index is 10.7. The second-order valence-corrected chi connectivity index (χ2v) is 3.68. The highest BCUT2D eigenvalue weighted by Gasteiger charge is 2.22. The zero-order valence-electron chi connectivity index (χ0n) is 5.77. The molecule has 0 saturated heterocycles. The molecule has 1 aromatic rings. The highest BCUT2D eigenvalue weighted by molar-refractivity contribution is 8.13. The van der Waals surface area contributed by atoms with E-state index in [1.807, 2.05) is 0 Å². The Morgan fingerprint density at radius 3 is 2.42 bits per heavy atom. The van der Waals surface area contributed by atoms with E-state index in [9.17, 15) is 14.7 Å². The molecule has 0 aliphatic heterocycles. The van der Waals surface area contributed by atoms with Gasteiger partial charge in [-0.3, -0.25) is 10.1 Å². The van der Waals surface area contributed by atoms with Crippen LogP contribution in [0.25, 0.3) is 0 Å². The number of para-hydroxylation sites is 1. The minimum Gasteiger partial charge on any atom is -0.594 e. The average molecular weight is 206 g/mol. The Morgan fingerprint density at radius 1 is 1.42 bits per heavy atom. The Labute approximate surface area is 76.0 Å². The van der Waals surface area contributed by atoms with Crippen molar-refractivity contribution in [2.45, 2.75) is 4.90 Å². The minimum absolute atomic E-state index is 0.0316. The Balaban J connectivity index is 3.17. The first-order valence-electron chi connectivity index (χ1n) is 2.94. The van der Waals surface area contributed by atoms with Gasteiger partial charge in [0.2, 0.25) is 4.90 Å². The number of nitro groups is 1. The molecular formula is C6H4ClNO3S. The van der Waals surface area contributed by atoms with E-state index in [0.717, 1.165) is 0 Å². The first kappa shape index (κ1) is 9.31. The van der Waals surface area contributed by atoms with Crippen LogP contribution in [0.4, 0.5) is 5.69 Å². The Morgan fingerprint density at radius 2 is 2.00 bits per heavy atom.